The second-order valence-electron chi connectivity index (χ2n) is 6.42. The monoisotopic (exact) mass is 275 g/mol. The maximum absolute atomic E-state index is 12.6. The van der Waals surface area contributed by atoms with Crippen LogP contribution in [0.25, 0.3) is 0 Å². The Labute approximate surface area is 115 Å². The van der Waals surface area contributed by atoms with Crippen LogP contribution in [-0.2, 0) is 0 Å². The van der Waals surface area contributed by atoms with Gasteiger partial charge in [-0.3, -0.25) is 9.80 Å². The molecule has 3 nitrogen and oxygen atoms in total. The van der Waals surface area contributed by atoms with Gasteiger partial charge in [0.2, 0.25) is 0 Å². The van der Waals surface area contributed by atoms with Crippen molar-refractivity contribution in [1.82, 2.24) is 15.1 Å². The van der Waals surface area contributed by atoms with Crippen molar-refractivity contribution in [3.63, 3.8) is 0 Å². The highest BCUT2D eigenvalue weighted by Gasteiger charge is 2.34. The number of nitrogens with one attached hydrogen (secondary N) is 1. The molecule has 0 radical (unpaired) electrons. The van der Waals surface area contributed by atoms with Gasteiger partial charge < -0.3 is 5.32 Å². The standard InChI is InChI=1S/C14H27F2N3/c1-3-12-8-18(6-7-19(12)9-13(15)16)11-14(2)4-5-17-10-14/h12-13,17H,3-11H2,1-2H3. The molecule has 0 bridgehead atoms. The maximum Gasteiger partial charge on any atom is 0.251 e. The molecule has 2 atom stereocenters. The molecule has 0 saturated carbocycles. The van der Waals surface area contributed by atoms with Crippen LogP contribution in [0.4, 0.5) is 8.78 Å². The maximum atomic E-state index is 12.6. The summed E-state index contributed by atoms with van der Waals surface area (Å²) in [4.78, 5) is 4.44. The van der Waals surface area contributed by atoms with Crippen LogP contribution in [0.1, 0.15) is 26.7 Å². The van der Waals surface area contributed by atoms with Gasteiger partial charge in [0, 0.05) is 38.8 Å². The molecule has 2 aliphatic heterocycles. The van der Waals surface area contributed by atoms with Crippen LogP contribution < -0.4 is 5.32 Å². The van der Waals surface area contributed by atoms with Crippen molar-refractivity contribution in [2.24, 2.45) is 5.41 Å². The molecule has 0 aromatic rings. The minimum atomic E-state index is -2.21. The lowest BCUT2D eigenvalue weighted by Crippen LogP contribution is -2.55. The molecule has 1 N–H and O–H groups in total. The quantitative estimate of drug-likeness (QED) is 0.823. The van der Waals surface area contributed by atoms with Gasteiger partial charge >= 0.3 is 0 Å². The summed E-state index contributed by atoms with van der Waals surface area (Å²) in [6.45, 7) is 10.3. The minimum Gasteiger partial charge on any atom is -0.316 e. The van der Waals surface area contributed by atoms with E-state index in [1.807, 2.05) is 4.90 Å². The molecule has 2 heterocycles. The normalized spacial score (nSPS) is 34.3. The fraction of sp³-hybridized carbons (Fsp3) is 1.00. The molecule has 0 aromatic heterocycles. The number of hydrogen-bond donors (Lipinski definition) is 1. The lowest BCUT2D eigenvalue weighted by molar-refractivity contribution is 0.00922. The highest BCUT2D eigenvalue weighted by atomic mass is 19.3. The van der Waals surface area contributed by atoms with Crippen LogP contribution in [0.2, 0.25) is 0 Å². The summed E-state index contributed by atoms with van der Waals surface area (Å²) in [6.07, 6.45) is -0.0312. The van der Waals surface area contributed by atoms with Crippen LogP contribution in [-0.4, -0.2) is 68.1 Å². The first-order chi connectivity index (χ1) is 9.02. The SMILES string of the molecule is CCC1CN(CC2(C)CCNC2)CCN1CC(F)F. The van der Waals surface area contributed by atoms with Crippen molar-refractivity contribution in [2.45, 2.75) is 39.2 Å². The van der Waals surface area contributed by atoms with E-state index in [9.17, 15) is 8.78 Å². The van der Waals surface area contributed by atoms with E-state index in [2.05, 4.69) is 24.1 Å². The zero-order valence-electron chi connectivity index (χ0n) is 12.2. The molecule has 2 fully saturated rings. The molecule has 0 amide bonds. The Morgan fingerprint density at radius 3 is 2.74 bits per heavy atom. The van der Waals surface area contributed by atoms with Gasteiger partial charge in [-0.1, -0.05) is 13.8 Å². The molecule has 2 aliphatic rings. The number of alkyl halides is 2. The third-order valence-electron chi connectivity index (χ3n) is 4.59. The summed E-state index contributed by atoms with van der Waals surface area (Å²) < 4.78 is 25.1. The Morgan fingerprint density at radius 1 is 1.37 bits per heavy atom. The van der Waals surface area contributed by atoms with Crippen LogP contribution in [0.5, 0.6) is 0 Å². The average Bonchev–Trinajstić information content (AvgIpc) is 2.77. The van der Waals surface area contributed by atoms with E-state index < -0.39 is 6.43 Å². The van der Waals surface area contributed by atoms with Crippen molar-refractivity contribution in [1.29, 1.82) is 0 Å². The van der Waals surface area contributed by atoms with E-state index in [0.29, 0.717) is 11.5 Å². The molecule has 2 saturated heterocycles. The highest BCUT2D eigenvalue weighted by molar-refractivity contribution is 4.90. The number of rotatable bonds is 5. The highest BCUT2D eigenvalue weighted by Crippen LogP contribution is 2.27. The predicted molar refractivity (Wildman–Crippen MR) is 73.7 cm³/mol. The third kappa shape index (κ3) is 4.10. The van der Waals surface area contributed by atoms with Crippen LogP contribution in [0, 0.1) is 5.41 Å². The number of nitrogens with zero attached hydrogens (tertiary/aromatic N) is 2. The van der Waals surface area contributed by atoms with E-state index in [0.717, 1.165) is 45.7 Å². The zero-order valence-corrected chi connectivity index (χ0v) is 12.2. The predicted octanol–water partition coefficient (Wildman–Crippen LogP) is 1.65. The Morgan fingerprint density at radius 2 is 2.16 bits per heavy atom. The van der Waals surface area contributed by atoms with Gasteiger partial charge in [0.1, 0.15) is 0 Å². The lowest BCUT2D eigenvalue weighted by Gasteiger charge is -2.43. The van der Waals surface area contributed by atoms with Gasteiger partial charge in [-0.25, -0.2) is 8.78 Å². The molecule has 19 heavy (non-hydrogen) atoms. The van der Waals surface area contributed by atoms with Gasteiger partial charge in [-0.2, -0.15) is 0 Å². The first-order valence-electron chi connectivity index (χ1n) is 7.48. The first-order valence-corrected chi connectivity index (χ1v) is 7.48. The second kappa shape index (κ2) is 6.46. The zero-order chi connectivity index (χ0) is 13.9. The van der Waals surface area contributed by atoms with Crippen molar-refractivity contribution in [3.05, 3.63) is 0 Å². The largest absolute Gasteiger partial charge is 0.316 e. The number of piperazine rings is 1. The summed E-state index contributed by atoms with van der Waals surface area (Å²) in [7, 11) is 0. The fourth-order valence-corrected chi connectivity index (χ4v) is 3.45. The van der Waals surface area contributed by atoms with Crippen LogP contribution in [0.3, 0.4) is 0 Å². The molecule has 0 aromatic carbocycles. The summed E-state index contributed by atoms with van der Waals surface area (Å²) >= 11 is 0. The van der Waals surface area contributed by atoms with Crippen molar-refractivity contribution < 1.29 is 8.78 Å². The second-order valence-corrected chi connectivity index (χ2v) is 6.42. The average molecular weight is 275 g/mol. The topological polar surface area (TPSA) is 18.5 Å². The Kier molecular flexibility index (Phi) is 5.15. The van der Waals surface area contributed by atoms with Crippen molar-refractivity contribution in [3.8, 4) is 0 Å². The van der Waals surface area contributed by atoms with Crippen molar-refractivity contribution >= 4 is 0 Å². The Hall–Kier alpha value is -0.260. The molecule has 5 heteroatoms. The lowest BCUT2D eigenvalue weighted by atomic mass is 9.88. The van der Waals surface area contributed by atoms with Gasteiger partial charge in [-0.15, -0.1) is 0 Å². The Balaban J connectivity index is 1.86. The van der Waals surface area contributed by atoms with E-state index in [1.165, 1.54) is 6.42 Å². The van der Waals surface area contributed by atoms with E-state index in [4.69, 9.17) is 0 Å². The molecule has 2 rings (SSSR count). The molecule has 112 valence electrons. The molecular formula is C14H27F2N3. The summed E-state index contributed by atoms with van der Waals surface area (Å²) in [5.74, 6) is 0. The van der Waals surface area contributed by atoms with Gasteiger partial charge in [0.25, 0.3) is 6.43 Å². The summed E-state index contributed by atoms with van der Waals surface area (Å²) in [6, 6.07) is 0.292. The third-order valence-corrected chi connectivity index (χ3v) is 4.59. The van der Waals surface area contributed by atoms with Gasteiger partial charge in [-0.05, 0) is 24.8 Å². The molecule has 0 spiro atoms. The number of halogens is 2. The van der Waals surface area contributed by atoms with Gasteiger partial charge in [0.05, 0.1) is 6.54 Å². The Bertz CT molecular complexity index is 280. The minimum absolute atomic E-state index is 0.0643. The molecule has 2 unspecified atom stereocenters. The number of hydrogen-bond acceptors (Lipinski definition) is 3. The van der Waals surface area contributed by atoms with E-state index in [1.54, 1.807) is 0 Å². The van der Waals surface area contributed by atoms with Crippen LogP contribution in [0.15, 0.2) is 0 Å². The van der Waals surface area contributed by atoms with E-state index >= 15 is 0 Å². The van der Waals surface area contributed by atoms with Crippen LogP contribution >= 0.6 is 0 Å². The van der Waals surface area contributed by atoms with E-state index in [-0.39, 0.29) is 6.54 Å². The van der Waals surface area contributed by atoms with Gasteiger partial charge in [0.15, 0.2) is 0 Å². The fourth-order valence-electron chi connectivity index (χ4n) is 3.45. The first kappa shape index (κ1) is 15.1. The summed E-state index contributed by atoms with van der Waals surface area (Å²) in [5.41, 5.74) is 0.364. The molecule has 0 aliphatic carbocycles. The smallest absolute Gasteiger partial charge is 0.251 e. The van der Waals surface area contributed by atoms with Crippen molar-refractivity contribution in [2.75, 3.05) is 45.8 Å². The molecular weight excluding hydrogens is 248 g/mol. The summed E-state index contributed by atoms with van der Waals surface area (Å²) in [5, 5.41) is 3.43.